The second kappa shape index (κ2) is 3.81. The van der Waals surface area contributed by atoms with Gasteiger partial charge in [0.05, 0.1) is 6.61 Å². The summed E-state index contributed by atoms with van der Waals surface area (Å²) < 4.78 is 0.820. The second-order valence-electron chi connectivity index (χ2n) is 3.01. The van der Waals surface area contributed by atoms with Gasteiger partial charge in [-0.3, -0.25) is 0 Å². The third-order valence-electron chi connectivity index (χ3n) is 2.11. The molecule has 0 fully saturated rings. The van der Waals surface area contributed by atoms with Gasteiger partial charge in [-0.1, -0.05) is 11.6 Å². The lowest BCUT2D eigenvalue weighted by atomic mass is 10.1. The number of benzene rings is 1. The van der Waals surface area contributed by atoms with E-state index >= 15 is 0 Å². The summed E-state index contributed by atoms with van der Waals surface area (Å²) in [6, 6.07) is 5.13. The molecule has 1 heterocycles. The van der Waals surface area contributed by atoms with Crippen LogP contribution >= 0.6 is 22.9 Å². The van der Waals surface area contributed by atoms with E-state index in [9.17, 15) is 4.79 Å². The average molecular weight is 243 g/mol. The van der Waals surface area contributed by atoms with Crippen LogP contribution in [-0.2, 0) is 6.61 Å². The number of fused-ring (bicyclic) bond motifs is 1. The van der Waals surface area contributed by atoms with Crippen molar-refractivity contribution >= 4 is 39.0 Å². The smallest absolute Gasteiger partial charge is 0.346 e. The molecule has 0 spiro atoms. The van der Waals surface area contributed by atoms with Gasteiger partial charge >= 0.3 is 5.97 Å². The predicted molar refractivity (Wildman–Crippen MR) is 59.7 cm³/mol. The molecule has 1 aromatic carbocycles. The van der Waals surface area contributed by atoms with E-state index in [1.54, 1.807) is 18.2 Å². The van der Waals surface area contributed by atoms with Gasteiger partial charge in [0.15, 0.2) is 0 Å². The van der Waals surface area contributed by atoms with Crippen LogP contribution < -0.4 is 0 Å². The van der Waals surface area contributed by atoms with Crippen molar-refractivity contribution in [2.45, 2.75) is 6.61 Å². The summed E-state index contributed by atoms with van der Waals surface area (Å²) >= 11 is 6.96. The van der Waals surface area contributed by atoms with E-state index in [2.05, 4.69) is 0 Å². The second-order valence-corrected chi connectivity index (χ2v) is 4.50. The van der Waals surface area contributed by atoms with Crippen LogP contribution in [0.25, 0.3) is 10.1 Å². The van der Waals surface area contributed by atoms with Gasteiger partial charge in [0.1, 0.15) is 4.88 Å². The first-order chi connectivity index (χ1) is 7.13. The maximum Gasteiger partial charge on any atom is 0.346 e. The number of carboxylic acid groups (broad SMARTS) is 1. The first-order valence-electron chi connectivity index (χ1n) is 4.18. The zero-order valence-corrected chi connectivity index (χ0v) is 9.10. The first kappa shape index (κ1) is 10.4. The molecule has 15 heavy (non-hydrogen) atoms. The Labute approximate surface area is 94.5 Å². The highest BCUT2D eigenvalue weighted by molar-refractivity contribution is 7.21. The Kier molecular flexibility index (Phi) is 2.65. The highest BCUT2D eigenvalue weighted by Crippen LogP contribution is 2.33. The maximum atomic E-state index is 10.9. The molecular weight excluding hydrogens is 236 g/mol. The minimum Gasteiger partial charge on any atom is -0.477 e. The van der Waals surface area contributed by atoms with Crippen LogP contribution in [0.2, 0.25) is 5.02 Å². The van der Waals surface area contributed by atoms with Crippen molar-refractivity contribution in [3.05, 3.63) is 33.7 Å². The van der Waals surface area contributed by atoms with Crippen LogP contribution in [0.3, 0.4) is 0 Å². The molecule has 3 nitrogen and oxygen atoms in total. The molecule has 78 valence electrons. The van der Waals surface area contributed by atoms with Gasteiger partial charge in [-0.15, -0.1) is 11.3 Å². The summed E-state index contributed by atoms with van der Waals surface area (Å²) in [5.74, 6) is -1.02. The lowest BCUT2D eigenvalue weighted by Gasteiger charge is -1.96. The summed E-state index contributed by atoms with van der Waals surface area (Å²) in [5.41, 5.74) is 0.435. The Morgan fingerprint density at radius 3 is 2.80 bits per heavy atom. The fourth-order valence-corrected chi connectivity index (χ4v) is 2.66. The zero-order chi connectivity index (χ0) is 11.0. The van der Waals surface area contributed by atoms with E-state index in [1.807, 2.05) is 0 Å². The van der Waals surface area contributed by atoms with Crippen LogP contribution in [0.15, 0.2) is 18.2 Å². The van der Waals surface area contributed by atoms with E-state index in [1.165, 1.54) is 0 Å². The summed E-state index contributed by atoms with van der Waals surface area (Å²) in [7, 11) is 0. The van der Waals surface area contributed by atoms with Crippen molar-refractivity contribution in [1.82, 2.24) is 0 Å². The Bertz CT molecular complexity index is 533. The minimum absolute atomic E-state index is 0.176. The number of aliphatic hydroxyl groups is 1. The number of thiophene rings is 1. The number of halogens is 1. The average Bonchev–Trinajstić information content (AvgIpc) is 2.55. The topological polar surface area (TPSA) is 57.5 Å². The van der Waals surface area contributed by atoms with E-state index in [4.69, 9.17) is 21.8 Å². The number of aliphatic hydroxyl groups excluding tert-OH is 1. The molecule has 5 heteroatoms. The van der Waals surface area contributed by atoms with Gasteiger partial charge < -0.3 is 10.2 Å². The van der Waals surface area contributed by atoms with Crippen LogP contribution in [0.1, 0.15) is 15.2 Å². The van der Waals surface area contributed by atoms with Crippen LogP contribution in [0, 0.1) is 0 Å². The van der Waals surface area contributed by atoms with E-state index in [0.29, 0.717) is 16.0 Å². The number of hydrogen-bond acceptors (Lipinski definition) is 3. The Hall–Kier alpha value is -1.10. The van der Waals surface area contributed by atoms with Crippen molar-refractivity contribution < 1.29 is 15.0 Å². The number of rotatable bonds is 2. The quantitative estimate of drug-likeness (QED) is 0.851. The highest BCUT2D eigenvalue weighted by atomic mass is 35.5. The highest BCUT2D eigenvalue weighted by Gasteiger charge is 2.16. The fraction of sp³-hybridized carbons (Fsp3) is 0.100. The Morgan fingerprint density at radius 1 is 1.47 bits per heavy atom. The van der Waals surface area contributed by atoms with Gasteiger partial charge in [-0.05, 0) is 18.2 Å². The molecule has 0 saturated carbocycles. The first-order valence-corrected chi connectivity index (χ1v) is 5.38. The molecule has 2 N–H and O–H groups in total. The SMILES string of the molecule is O=C(O)c1sc2ccc(Cl)cc2c1CO. The lowest BCUT2D eigenvalue weighted by molar-refractivity contribution is 0.0699. The minimum atomic E-state index is -1.02. The van der Waals surface area contributed by atoms with E-state index < -0.39 is 5.97 Å². The lowest BCUT2D eigenvalue weighted by Crippen LogP contribution is -1.97. The predicted octanol–water partition coefficient (Wildman–Crippen LogP) is 2.75. The Balaban J connectivity index is 2.79. The molecule has 0 radical (unpaired) electrons. The van der Waals surface area contributed by atoms with Gasteiger partial charge in [0, 0.05) is 20.7 Å². The van der Waals surface area contributed by atoms with Crippen LogP contribution in [0.4, 0.5) is 0 Å². The summed E-state index contributed by atoms with van der Waals surface area (Å²) in [4.78, 5) is 11.1. The molecule has 0 aliphatic rings. The normalized spacial score (nSPS) is 10.8. The molecule has 0 atom stereocenters. The molecule has 2 rings (SSSR count). The van der Waals surface area contributed by atoms with Crippen molar-refractivity contribution in [2.24, 2.45) is 0 Å². The van der Waals surface area contributed by atoms with Gasteiger partial charge in [0.25, 0.3) is 0 Å². The Morgan fingerprint density at radius 2 is 2.20 bits per heavy atom. The third-order valence-corrected chi connectivity index (χ3v) is 3.54. The molecule has 2 aromatic rings. The number of carboxylic acids is 1. The molecular formula is C10H7ClO3S. The third kappa shape index (κ3) is 1.71. The molecule has 0 unspecified atom stereocenters. The van der Waals surface area contributed by atoms with E-state index in [0.717, 1.165) is 16.0 Å². The largest absolute Gasteiger partial charge is 0.477 e. The summed E-state index contributed by atoms with van der Waals surface area (Å²) in [6.45, 7) is -0.290. The molecule has 0 aliphatic carbocycles. The van der Waals surface area contributed by atoms with Crippen molar-refractivity contribution in [3.8, 4) is 0 Å². The molecule has 0 aliphatic heterocycles. The number of aromatic carboxylic acids is 1. The van der Waals surface area contributed by atoms with Crippen molar-refractivity contribution in [1.29, 1.82) is 0 Å². The molecule has 0 saturated heterocycles. The summed E-state index contributed by atoms with van der Waals surface area (Å²) in [5, 5.41) is 19.3. The number of hydrogen-bond donors (Lipinski definition) is 2. The zero-order valence-electron chi connectivity index (χ0n) is 7.53. The van der Waals surface area contributed by atoms with Crippen molar-refractivity contribution in [2.75, 3.05) is 0 Å². The maximum absolute atomic E-state index is 10.9. The van der Waals surface area contributed by atoms with Crippen LogP contribution in [0.5, 0.6) is 0 Å². The van der Waals surface area contributed by atoms with Crippen LogP contribution in [-0.4, -0.2) is 16.2 Å². The van der Waals surface area contributed by atoms with E-state index in [-0.39, 0.29) is 11.5 Å². The summed E-state index contributed by atoms with van der Waals surface area (Å²) in [6.07, 6.45) is 0. The van der Waals surface area contributed by atoms with Gasteiger partial charge in [-0.25, -0.2) is 4.79 Å². The van der Waals surface area contributed by atoms with Gasteiger partial charge in [-0.2, -0.15) is 0 Å². The molecule has 0 bridgehead atoms. The van der Waals surface area contributed by atoms with Crippen molar-refractivity contribution in [3.63, 3.8) is 0 Å². The molecule has 0 amide bonds. The number of carbonyl (C=O) groups is 1. The molecule has 1 aromatic heterocycles. The fourth-order valence-electron chi connectivity index (χ4n) is 1.45. The van der Waals surface area contributed by atoms with Gasteiger partial charge in [0.2, 0.25) is 0 Å². The monoisotopic (exact) mass is 242 g/mol. The standard InChI is InChI=1S/C10H7ClO3S/c11-5-1-2-8-6(3-5)7(4-12)9(15-8)10(13)14/h1-3,12H,4H2,(H,13,14).